The van der Waals surface area contributed by atoms with Gasteiger partial charge in [-0.15, -0.1) is 0 Å². The molecule has 1 saturated heterocycles. The van der Waals surface area contributed by atoms with Crippen molar-refractivity contribution in [1.82, 2.24) is 9.97 Å². The number of H-pyrrole nitrogens is 1. The van der Waals surface area contributed by atoms with Crippen molar-refractivity contribution in [2.75, 3.05) is 24.2 Å². The molecule has 1 unspecified atom stereocenters. The number of hydrogen-bond donors (Lipinski definition) is 5. The molecule has 0 aromatic carbocycles. The van der Waals surface area contributed by atoms with Gasteiger partial charge in [0.15, 0.2) is 11.5 Å². The van der Waals surface area contributed by atoms with E-state index in [1.807, 2.05) is 0 Å². The Hall–Kier alpha value is -1.78. The number of nitrogens with one attached hydrogen (secondary N) is 2. The normalized spacial score (nSPS) is 29.4. The molecular weight excluding hydrogens is 305 g/mol. The Bertz CT molecular complexity index is 717. The van der Waals surface area contributed by atoms with Gasteiger partial charge in [0.1, 0.15) is 12.2 Å². The molecule has 3 rings (SSSR count). The Balaban J connectivity index is 1.89. The van der Waals surface area contributed by atoms with Crippen molar-refractivity contribution in [1.29, 1.82) is 0 Å². The van der Waals surface area contributed by atoms with Crippen LogP contribution in [0.1, 0.15) is 0 Å². The van der Waals surface area contributed by atoms with Gasteiger partial charge in [-0.1, -0.05) is 0 Å². The van der Waals surface area contributed by atoms with E-state index in [1.165, 1.54) is 0 Å². The number of anilines is 2. The lowest BCUT2D eigenvalue weighted by molar-refractivity contribution is 0.0895. The molecular formula is C9H12N5O6P. The molecule has 0 amide bonds. The van der Waals surface area contributed by atoms with Gasteiger partial charge in [0.25, 0.3) is 5.56 Å². The summed E-state index contributed by atoms with van der Waals surface area (Å²) in [5.41, 5.74) is 4.97. The molecule has 0 saturated carbocycles. The lowest BCUT2D eigenvalue weighted by atomic mass is 10.1. The average Bonchev–Trinajstić information content (AvgIpc) is 2.78. The first-order valence-corrected chi connectivity index (χ1v) is 7.40. The topological polar surface area (TPSA) is 172 Å². The van der Waals surface area contributed by atoms with Crippen molar-refractivity contribution in [3.8, 4) is 0 Å². The first-order valence-electron chi connectivity index (χ1n) is 5.90. The van der Waals surface area contributed by atoms with Crippen LogP contribution in [-0.2, 0) is 13.6 Å². The molecule has 1 aromatic heterocycles. The highest BCUT2D eigenvalue weighted by Crippen LogP contribution is 2.50. The Morgan fingerprint density at radius 2 is 2.29 bits per heavy atom. The number of nitrogens with zero attached hydrogens (tertiary/aromatic N) is 2. The predicted octanol–water partition coefficient (Wildman–Crippen LogP) is -1.27. The number of aromatic nitrogens is 2. The SMILES string of the molecule is Nc1nc2c(c(=O)[nH]1)N=C([C@H](O)[C@H]1COP(=O)(O)O1)CN2. The van der Waals surface area contributed by atoms with Gasteiger partial charge in [-0.05, 0) is 0 Å². The van der Waals surface area contributed by atoms with Crippen LogP contribution in [0.4, 0.5) is 17.5 Å². The second kappa shape index (κ2) is 4.90. The summed E-state index contributed by atoms with van der Waals surface area (Å²) in [6, 6.07) is 0. The second-order valence-corrected chi connectivity index (χ2v) is 5.86. The molecule has 0 aliphatic carbocycles. The Morgan fingerprint density at radius 3 is 2.95 bits per heavy atom. The maximum atomic E-state index is 11.7. The number of aliphatic hydroxyl groups is 1. The van der Waals surface area contributed by atoms with Gasteiger partial charge < -0.3 is 21.1 Å². The smallest absolute Gasteiger partial charge is 0.384 e. The van der Waals surface area contributed by atoms with Crippen molar-refractivity contribution in [2.45, 2.75) is 12.2 Å². The quantitative estimate of drug-likeness (QED) is 0.417. The summed E-state index contributed by atoms with van der Waals surface area (Å²) in [4.78, 5) is 31.0. The van der Waals surface area contributed by atoms with Crippen molar-refractivity contribution in [3.05, 3.63) is 10.4 Å². The van der Waals surface area contributed by atoms with Crippen LogP contribution < -0.4 is 16.6 Å². The molecule has 2 aliphatic heterocycles. The Kier molecular flexibility index (Phi) is 3.30. The van der Waals surface area contributed by atoms with Crippen molar-refractivity contribution in [2.24, 2.45) is 4.99 Å². The lowest BCUT2D eigenvalue weighted by Crippen LogP contribution is -2.40. The van der Waals surface area contributed by atoms with Crippen LogP contribution in [0, 0.1) is 0 Å². The summed E-state index contributed by atoms with van der Waals surface area (Å²) in [5.74, 6) is 0.141. The number of hydrogen-bond acceptors (Lipinski definition) is 9. The van der Waals surface area contributed by atoms with Crippen LogP contribution >= 0.6 is 7.82 Å². The van der Waals surface area contributed by atoms with Gasteiger partial charge in [-0.3, -0.25) is 18.8 Å². The van der Waals surface area contributed by atoms with Crippen LogP contribution in [0.15, 0.2) is 9.79 Å². The molecule has 1 aromatic rings. The maximum absolute atomic E-state index is 11.7. The summed E-state index contributed by atoms with van der Waals surface area (Å²) in [6.45, 7) is -0.170. The van der Waals surface area contributed by atoms with Crippen molar-refractivity contribution < 1.29 is 23.6 Å². The monoisotopic (exact) mass is 317 g/mol. The van der Waals surface area contributed by atoms with Crippen molar-refractivity contribution >= 4 is 31.0 Å². The van der Waals surface area contributed by atoms with Gasteiger partial charge in [-0.25, -0.2) is 9.56 Å². The number of aliphatic hydroxyl groups excluding tert-OH is 1. The number of nitrogens with two attached hydrogens (primary N) is 1. The molecule has 0 radical (unpaired) electrons. The zero-order chi connectivity index (χ0) is 15.2. The number of aliphatic imine (C=N–C) groups is 1. The highest BCUT2D eigenvalue weighted by Gasteiger charge is 2.41. The van der Waals surface area contributed by atoms with Gasteiger partial charge in [0.05, 0.1) is 18.9 Å². The Labute approximate surface area is 117 Å². The third-order valence-corrected chi connectivity index (χ3v) is 3.98. The van der Waals surface area contributed by atoms with Crippen LogP contribution in [0.25, 0.3) is 0 Å². The Morgan fingerprint density at radius 1 is 1.52 bits per heavy atom. The van der Waals surface area contributed by atoms with E-state index in [9.17, 15) is 14.5 Å². The van der Waals surface area contributed by atoms with Crippen LogP contribution in [0.2, 0.25) is 0 Å². The number of phosphoric ester groups is 1. The van der Waals surface area contributed by atoms with Crippen LogP contribution in [0.5, 0.6) is 0 Å². The molecule has 3 heterocycles. The summed E-state index contributed by atoms with van der Waals surface area (Å²) in [6.07, 6.45) is -2.34. The van der Waals surface area contributed by atoms with Crippen LogP contribution in [0.3, 0.4) is 0 Å². The third kappa shape index (κ3) is 2.69. The summed E-state index contributed by atoms with van der Waals surface area (Å²) in [7, 11) is -4.12. The van der Waals surface area contributed by atoms with Crippen LogP contribution in [-0.4, -0.2) is 51.0 Å². The fourth-order valence-corrected chi connectivity index (χ4v) is 2.92. The number of nitrogen functional groups attached to an aromatic ring is 1. The second-order valence-electron chi connectivity index (χ2n) is 4.46. The number of fused-ring (bicyclic) bond motifs is 1. The molecule has 2 aliphatic rings. The summed E-state index contributed by atoms with van der Waals surface area (Å²) >= 11 is 0. The maximum Gasteiger partial charge on any atom is 0.472 e. The van der Waals surface area contributed by atoms with E-state index in [0.717, 1.165) is 0 Å². The molecule has 114 valence electrons. The van der Waals surface area contributed by atoms with E-state index in [0.29, 0.717) is 0 Å². The van der Waals surface area contributed by atoms with E-state index in [4.69, 9.17) is 15.2 Å². The average molecular weight is 317 g/mol. The third-order valence-electron chi connectivity index (χ3n) is 2.97. The molecule has 11 nitrogen and oxygen atoms in total. The standard InChI is InChI=1S/C9H12N5O6P/c10-9-13-7-5(8(16)14-9)12-3(1-11-7)6(15)4-2-19-21(17,18)20-4/h4,6,15H,1-2H2,(H,17,18)(H4,10,11,13,14,16)/t4-,6+/m1/s1. The molecule has 21 heavy (non-hydrogen) atoms. The highest BCUT2D eigenvalue weighted by molar-refractivity contribution is 7.47. The molecule has 0 bridgehead atoms. The number of rotatable bonds is 2. The largest absolute Gasteiger partial charge is 0.472 e. The summed E-state index contributed by atoms with van der Waals surface area (Å²) in [5, 5.41) is 12.9. The molecule has 12 heteroatoms. The van der Waals surface area contributed by atoms with E-state index >= 15 is 0 Å². The number of aromatic amines is 1. The van der Waals surface area contributed by atoms with Gasteiger partial charge in [0, 0.05) is 0 Å². The first-order chi connectivity index (χ1) is 9.85. The lowest BCUT2D eigenvalue weighted by Gasteiger charge is -2.22. The minimum Gasteiger partial charge on any atom is -0.384 e. The minimum absolute atomic E-state index is 0.0319. The molecule has 1 fully saturated rings. The fraction of sp³-hybridized carbons (Fsp3) is 0.444. The van der Waals surface area contributed by atoms with Gasteiger partial charge >= 0.3 is 7.82 Å². The zero-order valence-corrected chi connectivity index (χ0v) is 11.4. The van der Waals surface area contributed by atoms with E-state index in [-0.39, 0.29) is 36.3 Å². The zero-order valence-electron chi connectivity index (χ0n) is 10.5. The van der Waals surface area contributed by atoms with E-state index in [2.05, 4.69) is 24.8 Å². The van der Waals surface area contributed by atoms with E-state index < -0.39 is 25.6 Å². The minimum atomic E-state index is -4.12. The van der Waals surface area contributed by atoms with Gasteiger partial charge in [0.2, 0.25) is 5.95 Å². The predicted molar refractivity (Wildman–Crippen MR) is 71.5 cm³/mol. The molecule has 3 atom stereocenters. The van der Waals surface area contributed by atoms with E-state index in [1.54, 1.807) is 0 Å². The summed E-state index contributed by atoms with van der Waals surface area (Å²) < 4.78 is 20.4. The van der Waals surface area contributed by atoms with Gasteiger partial charge in [-0.2, -0.15) is 4.98 Å². The molecule has 0 spiro atoms. The number of phosphoric acid groups is 1. The fourth-order valence-electron chi connectivity index (χ4n) is 2.00. The highest BCUT2D eigenvalue weighted by atomic mass is 31.2. The first kappa shape index (κ1) is 14.2. The molecule has 6 N–H and O–H groups in total. The van der Waals surface area contributed by atoms with Crippen molar-refractivity contribution in [3.63, 3.8) is 0 Å².